The highest BCUT2D eigenvalue weighted by atomic mass is 79.9. The third kappa shape index (κ3) is 2.90. The molecule has 0 aliphatic carbocycles. The molecule has 0 atom stereocenters. The van der Waals surface area contributed by atoms with Crippen LogP contribution in [0.1, 0.15) is 32.4 Å². The van der Waals surface area contributed by atoms with Gasteiger partial charge in [0, 0.05) is 27.1 Å². The van der Waals surface area contributed by atoms with Gasteiger partial charge in [-0.2, -0.15) is 0 Å². The Kier molecular flexibility index (Phi) is 4.86. The maximum atomic E-state index is 12.2. The second-order valence-electron chi connectivity index (χ2n) is 5.08. The van der Waals surface area contributed by atoms with Crippen LogP contribution in [0, 0.1) is 6.92 Å². The molecule has 0 aliphatic rings. The molecule has 0 aliphatic heterocycles. The van der Waals surface area contributed by atoms with E-state index in [2.05, 4.69) is 51.8 Å². The monoisotopic (exact) mass is 336 g/mol. The van der Waals surface area contributed by atoms with Crippen molar-refractivity contribution in [1.82, 2.24) is 9.88 Å². The average Bonchev–Trinajstić information content (AvgIpc) is 2.70. The van der Waals surface area contributed by atoms with E-state index in [1.807, 2.05) is 19.1 Å². The fraction of sp³-hybridized carbons (Fsp3) is 0.438. The van der Waals surface area contributed by atoms with Crippen molar-refractivity contribution in [2.45, 2.75) is 46.2 Å². The number of rotatable bonds is 5. The molecule has 0 saturated heterocycles. The third-order valence-electron chi connectivity index (χ3n) is 3.81. The quantitative estimate of drug-likeness (QED) is 0.879. The molecule has 2 aromatic rings. The molecule has 1 aromatic heterocycles. The van der Waals surface area contributed by atoms with Crippen LogP contribution in [0.25, 0.3) is 10.9 Å². The summed E-state index contributed by atoms with van der Waals surface area (Å²) >= 11 is 3.62. The first-order valence-electron chi connectivity index (χ1n) is 7.11. The van der Waals surface area contributed by atoms with Gasteiger partial charge in [0.1, 0.15) is 6.54 Å². The molecule has 2 rings (SSSR count). The smallest absolute Gasteiger partial charge is 0.240 e. The topological polar surface area (TPSA) is 34.0 Å². The van der Waals surface area contributed by atoms with E-state index in [-0.39, 0.29) is 11.9 Å². The van der Waals surface area contributed by atoms with Gasteiger partial charge >= 0.3 is 0 Å². The molecule has 1 N–H and O–H groups in total. The molecule has 3 nitrogen and oxygen atoms in total. The second-order valence-corrected chi connectivity index (χ2v) is 5.88. The number of aromatic nitrogens is 1. The summed E-state index contributed by atoms with van der Waals surface area (Å²) in [4.78, 5) is 12.2. The molecule has 20 heavy (non-hydrogen) atoms. The Balaban J connectivity index is 2.26. The van der Waals surface area contributed by atoms with E-state index in [1.165, 1.54) is 0 Å². The van der Waals surface area contributed by atoms with Gasteiger partial charge in [0.2, 0.25) is 5.91 Å². The zero-order chi connectivity index (χ0) is 14.7. The summed E-state index contributed by atoms with van der Waals surface area (Å²) in [6.07, 6.45) is 1.94. The third-order valence-corrected chi connectivity index (χ3v) is 4.81. The lowest BCUT2D eigenvalue weighted by Crippen LogP contribution is -2.36. The standard InChI is InChI=1S/C16H21BrN2O/c1-4-12(5-2)18-15(20)10-19-11(3)16(17)13-8-6-7-9-14(13)19/h6-9,12H,4-5,10H2,1-3H3,(H,18,20). The van der Waals surface area contributed by atoms with Gasteiger partial charge in [0.05, 0.1) is 0 Å². The van der Waals surface area contributed by atoms with E-state index in [9.17, 15) is 4.79 Å². The number of benzene rings is 1. The van der Waals surface area contributed by atoms with E-state index in [1.54, 1.807) is 0 Å². The molecule has 0 saturated carbocycles. The van der Waals surface area contributed by atoms with E-state index in [0.29, 0.717) is 6.54 Å². The molecule has 1 aromatic carbocycles. The van der Waals surface area contributed by atoms with Gasteiger partial charge in [0.25, 0.3) is 0 Å². The molecule has 4 heteroatoms. The zero-order valence-electron chi connectivity index (χ0n) is 12.2. The maximum absolute atomic E-state index is 12.2. The van der Waals surface area contributed by atoms with Gasteiger partial charge in [-0.25, -0.2) is 0 Å². The van der Waals surface area contributed by atoms with Crippen LogP contribution in [0.2, 0.25) is 0 Å². The van der Waals surface area contributed by atoms with Gasteiger partial charge in [-0.3, -0.25) is 4.79 Å². The van der Waals surface area contributed by atoms with Gasteiger partial charge < -0.3 is 9.88 Å². The molecule has 1 amide bonds. The predicted molar refractivity (Wildman–Crippen MR) is 86.9 cm³/mol. The van der Waals surface area contributed by atoms with Crippen LogP contribution in [0.15, 0.2) is 28.7 Å². The van der Waals surface area contributed by atoms with Crippen LogP contribution >= 0.6 is 15.9 Å². The Morgan fingerprint density at radius 1 is 1.30 bits per heavy atom. The molecule has 0 spiro atoms. The van der Waals surface area contributed by atoms with Crippen LogP contribution in [-0.4, -0.2) is 16.5 Å². The van der Waals surface area contributed by atoms with Crippen LogP contribution in [0.5, 0.6) is 0 Å². The first-order chi connectivity index (χ1) is 9.58. The van der Waals surface area contributed by atoms with Gasteiger partial charge in [-0.05, 0) is 41.8 Å². The minimum Gasteiger partial charge on any atom is -0.352 e. The molecule has 0 radical (unpaired) electrons. The number of halogens is 1. The van der Waals surface area contributed by atoms with Crippen molar-refractivity contribution in [1.29, 1.82) is 0 Å². The highest BCUT2D eigenvalue weighted by Gasteiger charge is 2.15. The number of hydrogen-bond donors (Lipinski definition) is 1. The van der Waals surface area contributed by atoms with Crippen molar-refractivity contribution in [3.05, 3.63) is 34.4 Å². The first kappa shape index (κ1) is 15.1. The summed E-state index contributed by atoms with van der Waals surface area (Å²) in [6.45, 7) is 6.60. The van der Waals surface area contributed by atoms with Gasteiger partial charge in [-0.15, -0.1) is 0 Å². The second kappa shape index (κ2) is 6.44. The van der Waals surface area contributed by atoms with E-state index in [0.717, 1.165) is 33.9 Å². The van der Waals surface area contributed by atoms with Crippen LogP contribution in [0.4, 0.5) is 0 Å². The minimum atomic E-state index is 0.0788. The minimum absolute atomic E-state index is 0.0788. The molecule has 0 fully saturated rings. The fourth-order valence-electron chi connectivity index (χ4n) is 2.50. The van der Waals surface area contributed by atoms with E-state index >= 15 is 0 Å². The molecular formula is C16H21BrN2O. The highest BCUT2D eigenvalue weighted by Crippen LogP contribution is 2.30. The summed E-state index contributed by atoms with van der Waals surface area (Å²) in [5, 5.41) is 4.24. The lowest BCUT2D eigenvalue weighted by Gasteiger charge is -2.16. The number of para-hydroxylation sites is 1. The van der Waals surface area contributed by atoms with E-state index < -0.39 is 0 Å². The average molecular weight is 337 g/mol. The molecule has 0 bridgehead atoms. The van der Waals surface area contributed by atoms with Crippen molar-refractivity contribution in [2.24, 2.45) is 0 Å². The zero-order valence-corrected chi connectivity index (χ0v) is 13.8. The normalized spacial score (nSPS) is 11.2. The Bertz CT molecular complexity index is 614. The Morgan fingerprint density at radius 2 is 1.95 bits per heavy atom. The number of nitrogens with one attached hydrogen (secondary N) is 1. The largest absolute Gasteiger partial charge is 0.352 e. The fourth-order valence-corrected chi connectivity index (χ4v) is 3.05. The number of fused-ring (bicyclic) bond motifs is 1. The summed E-state index contributed by atoms with van der Waals surface area (Å²) in [5.74, 6) is 0.0788. The van der Waals surface area contributed by atoms with Crippen molar-refractivity contribution in [3.63, 3.8) is 0 Å². The first-order valence-corrected chi connectivity index (χ1v) is 7.90. The predicted octanol–water partition coefficient (Wildman–Crippen LogP) is 4.02. The number of carbonyl (C=O) groups excluding carboxylic acids is 1. The van der Waals surface area contributed by atoms with Crippen LogP contribution in [-0.2, 0) is 11.3 Å². The Hall–Kier alpha value is -1.29. The number of amides is 1. The van der Waals surface area contributed by atoms with Crippen molar-refractivity contribution in [3.8, 4) is 0 Å². The molecule has 0 unspecified atom stereocenters. The van der Waals surface area contributed by atoms with Crippen LogP contribution in [0.3, 0.4) is 0 Å². The van der Waals surface area contributed by atoms with Crippen LogP contribution < -0.4 is 5.32 Å². The number of nitrogens with zero attached hydrogens (tertiary/aromatic N) is 1. The summed E-state index contributed by atoms with van der Waals surface area (Å²) < 4.78 is 3.14. The van der Waals surface area contributed by atoms with E-state index in [4.69, 9.17) is 0 Å². The number of carbonyl (C=O) groups is 1. The van der Waals surface area contributed by atoms with Crippen molar-refractivity contribution in [2.75, 3.05) is 0 Å². The van der Waals surface area contributed by atoms with Crippen molar-refractivity contribution < 1.29 is 4.79 Å². The molecular weight excluding hydrogens is 316 g/mol. The summed E-state index contributed by atoms with van der Waals surface area (Å²) in [6, 6.07) is 8.41. The lowest BCUT2D eigenvalue weighted by atomic mass is 10.2. The summed E-state index contributed by atoms with van der Waals surface area (Å²) in [5.41, 5.74) is 2.18. The Morgan fingerprint density at radius 3 is 2.60 bits per heavy atom. The molecule has 1 heterocycles. The van der Waals surface area contributed by atoms with Gasteiger partial charge in [-0.1, -0.05) is 32.0 Å². The molecule has 108 valence electrons. The van der Waals surface area contributed by atoms with Crippen molar-refractivity contribution >= 4 is 32.7 Å². The van der Waals surface area contributed by atoms with Gasteiger partial charge in [0.15, 0.2) is 0 Å². The Labute approximate surface area is 128 Å². The summed E-state index contributed by atoms with van der Waals surface area (Å²) in [7, 11) is 0. The lowest BCUT2D eigenvalue weighted by molar-refractivity contribution is -0.122. The highest BCUT2D eigenvalue weighted by molar-refractivity contribution is 9.10. The maximum Gasteiger partial charge on any atom is 0.240 e. The SMILES string of the molecule is CCC(CC)NC(=O)Cn1c(C)c(Br)c2ccccc21. The number of hydrogen-bond acceptors (Lipinski definition) is 1.